The maximum Gasteiger partial charge on any atom is 0.238 e. The summed E-state index contributed by atoms with van der Waals surface area (Å²) in [6, 6.07) is 13.0. The normalized spacial score (nSPS) is 12.6. The molecular formula is C15H17N3O3S2. The van der Waals surface area contributed by atoms with Crippen LogP contribution in [0.2, 0.25) is 0 Å². The first-order valence-electron chi connectivity index (χ1n) is 6.71. The fraction of sp³-hybridized carbons (Fsp3) is 0.133. The molecule has 0 saturated carbocycles. The Morgan fingerprint density at radius 3 is 2.17 bits per heavy atom. The molecule has 0 spiro atoms. The van der Waals surface area contributed by atoms with E-state index in [4.69, 9.17) is 10.9 Å². The number of sulfonamides is 1. The number of rotatable bonds is 5. The van der Waals surface area contributed by atoms with Gasteiger partial charge in [0.25, 0.3) is 0 Å². The Labute approximate surface area is 139 Å². The number of amides is 1. The zero-order valence-electron chi connectivity index (χ0n) is 12.4. The van der Waals surface area contributed by atoms with Gasteiger partial charge in [-0.1, -0.05) is 0 Å². The van der Waals surface area contributed by atoms with Gasteiger partial charge in [-0.05, 0) is 55.5 Å². The minimum atomic E-state index is -3.74. The molecular weight excluding hydrogens is 334 g/mol. The third kappa shape index (κ3) is 4.98. The van der Waals surface area contributed by atoms with Gasteiger partial charge in [0.15, 0.2) is 0 Å². The van der Waals surface area contributed by atoms with Crippen LogP contribution in [-0.4, -0.2) is 19.6 Å². The van der Waals surface area contributed by atoms with Crippen molar-refractivity contribution in [3.63, 3.8) is 0 Å². The van der Waals surface area contributed by atoms with E-state index >= 15 is 0 Å². The van der Waals surface area contributed by atoms with Crippen LogP contribution in [0, 0.1) is 0 Å². The van der Waals surface area contributed by atoms with Crippen molar-refractivity contribution in [2.45, 2.75) is 22.0 Å². The van der Waals surface area contributed by atoms with Gasteiger partial charge < -0.3 is 11.1 Å². The molecule has 1 amide bonds. The van der Waals surface area contributed by atoms with Crippen LogP contribution in [0.25, 0.3) is 0 Å². The van der Waals surface area contributed by atoms with Crippen LogP contribution in [0.15, 0.2) is 58.3 Å². The number of carbonyl (C=O) groups is 1. The number of benzene rings is 2. The molecule has 0 aromatic heterocycles. The Hall–Kier alpha value is -2.03. The van der Waals surface area contributed by atoms with E-state index in [0.717, 1.165) is 4.90 Å². The second kappa shape index (κ2) is 7.03. The highest BCUT2D eigenvalue weighted by Crippen LogP contribution is 2.25. The summed E-state index contributed by atoms with van der Waals surface area (Å²) in [5.74, 6) is -0.185. The summed E-state index contributed by atoms with van der Waals surface area (Å²) in [6.07, 6.45) is 0. The number of thioether (sulfide) groups is 1. The van der Waals surface area contributed by atoms with Crippen molar-refractivity contribution in [2.75, 3.05) is 11.1 Å². The molecule has 8 heteroatoms. The number of carbonyl (C=O) groups excluding carboxylic acids is 1. The van der Waals surface area contributed by atoms with E-state index in [1.807, 2.05) is 12.1 Å². The van der Waals surface area contributed by atoms with Crippen LogP contribution in [-0.2, 0) is 14.8 Å². The van der Waals surface area contributed by atoms with E-state index in [9.17, 15) is 13.2 Å². The fourth-order valence-corrected chi connectivity index (χ4v) is 3.16. The lowest BCUT2D eigenvalue weighted by atomic mass is 10.3. The number of nitrogens with two attached hydrogens (primary N) is 2. The molecule has 6 nitrogen and oxygen atoms in total. The first kappa shape index (κ1) is 17.3. The summed E-state index contributed by atoms with van der Waals surface area (Å²) in [5, 5.41) is 7.43. The molecule has 0 radical (unpaired) electrons. The highest BCUT2D eigenvalue weighted by atomic mass is 32.2. The quantitative estimate of drug-likeness (QED) is 0.563. The number of hydrogen-bond acceptors (Lipinski definition) is 5. The summed E-state index contributed by atoms with van der Waals surface area (Å²) in [5.41, 5.74) is 6.80. The standard InChI is InChI=1S/C15H17N3O3S2/c1-10(22-13-6-2-11(16)3-7-13)15(19)18-12-4-8-14(9-5-12)23(17,20)21/h2-10H,16H2,1H3,(H,18,19)(H2,17,20,21). The van der Waals surface area contributed by atoms with Crippen molar-refractivity contribution in [1.82, 2.24) is 0 Å². The Balaban J connectivity index is 1.99. The highest BCUT2D eigenvalue weighted by Gasteiger charge is 2.15. The SMILES string of the molecule is CC(Sc1ccc(N)cc1)C(=O)Nc1ccc(S(N)(=O)=O)cc1. The highest BCUT2D eigenvalue weighted by molar-refractivity contribution is 8.00. The van der Waals surface area contributed by atoms with E-state index in [-0.39, 0.29) is 16.1 Å². The van der Waals surface area contributed by atoms with Gasteiger partial charge in [-0.3, -0.25) is 4.79 Å². The molecule has 0 aliphatic rings. The van der Waals surface area contributed by atoms with Crippen LogP contribution in [0.4, 0.5) is 11.4 Å². The predicted octanol–water partition coefficient (Wildman–Crippen LogP) is 2.04. The molecule has 1 atom stereocenters. The Kier molecular flexibility index (Phi) is 5.30. The second-order valence-corrected chi connectivity index (χ2v) is 7.86. The number of nitrogen functional groups attached to an aromatic ring is 1. The molecule has 2 aromatic carbocycles. The monoisotopic (exact) mass is 351 g/mol. The molecule has 0 aliphatic carbocycles. The van der Waals surface area contributed by atoms with Crippen molar-refractivity contribution in [3.05, 3.63) is 48.5 Å². The summed E-state index contributed by atoms with van der Waals surface area (Å²) < 4.78 is 22.4. The van der Waals surface area contributed by atoms with Crippen molar-refractivity contribution in [3.8, 4) is 0 Å². The fourth-order valence-electron chi connectivity index (χ4n) is 1.78. The Bertz CT molecular complexity index is 788. The molecule has 23 heavy (non-hydrogen) atoms. The Morgan fingerprint density at radius 2 is 1.65 bits per heavy atom. The van der Waals surface area contributed by atoms with Gasteiger partial charge in [-0.25, -0.2) is 13.6 Å². The number of hydrogen-bond donors (Lipinski definition) is 3. The van der Waals surface area contributed by atoms with E-state index in [1.54, 1.807) is 19.1 Å². The second-order valence-electron chi connectivity index (χ2n) is 4.89. The molecule has 0 heterocycles. The minimum Gasteiger partial charge on any atom is -0.399 e. The summed E-state index contributed by atoms with van der Waals surface area (Å²) in [4.78, 5) is 13.1. The van der Waals surface area contributed by atoms with Gasteiger partial charge in [0.05, 0.1) is 10.1 Å². The van der Waals surface area contributed by atoms with Crippen LogP contribution in [0.5, 0.6) is 0 Å². The van der Waals surface area contributed by atoms with Gasteiger partial charge in [0, 0.05) is 16.3 Å². The summed E-state index contributed by atoms with van der Waals surface area (Å²) >= 11 is 1.40. The van der Waals surface area contributed by atoms with Crippen LogP contribution in [0.3, 0.4) is 0 Å². The first-order chi connectivity index (χ1) is 10.8. The van der Waals surface area contributed by atoms with Crippen LogP contribution >= 0.6 is 11.8 Å². The first-order valence-corrected chi connectivity index (χ1v) is 9.14. The molecule has 0 bridgehead atoms. The number of primary sulfonamides is 1. The largest absolute Gasteiger partial charge is 0.399 e. The Morgan fingerprint density at radius 1 is 1.09 bits per heavy atom. The third-order valence-corrected chi connectivity index (χ3v) is 5.05. The van der Waals surface area contributed by atoms with E-state index in [2.05, 4.69) is 5.32 Å². The van der Waals surface area contributed by atoms with Crippen molar-refractivity contribution < 1.29 is 13.2 Å². The molecule has 1 unspecified atom stereocenters. The van der Waals surface area contributed by atoms with Crippen molar-refractivity contribution in [2.24, 2.45) is 5.14 Å². The summed E-state index contributed by atoms with van der Waals surface area (Å²) in [6.45, 7) is 1.79. The minimum absolute atomic E-state index is 0.000188. The third-order valence-electron chi connectivity index (χ3n) is 3.01. The summed E-state index contributed by atoms with van der Waals surface area (Å²) in [7, 11) is -3.74. The maximum absolute atomic E-state index is 12.2. The number of anilines is 2. The van der Waals surface area contributed by atoms with Gasteiger partial charge in [0.1, 0.15) is 0 Å². The van der Waals surface area contributed by atoms with Gasteiger partial charge in [0.2, 0.25) is 15.9 Å². The maximum atomic E-state index is 12.2. The van der Waals surface area contributed by atoms with E-state index in [0.29, 0.717) is 11.4 Å². The zero-order valence-corrected chi connectivity index (χ0v) is 14.0. The molecule has 0 aliphatic heterocycles. The van der Waals surface area contributed by atoms with Gasteiger partial charge >= 0.3 is 0 Å². The van der Waals surface area contributed by atoms with Crippen LogP contribution < -0.4 is 16.2 Å². The molecule has 0 saturated heterocycles. The van der Waals surface area contributed by atoms with Gasteiger partial charge in [-0.2, -0.15) is 0 Å². The van der Waals surface area contributed by atoms with Crippen LogP contribution in [0.1, 0.15) is 6.92 Å². The lowest BCUT2D eigenvalue weighted by Crippen LogP contribution is -2.22. The molecule has 0 fully saturated rings. The lowest BCUT2D eigenvalue weighted by molar-refractivity contribution is -0.115. The number of nitrogens with one attached hydrogen (secondary N) is 1. The topological polar surface area (TPSA) is 115 Å². The van der Waals surface area contributed by atoms with E-state index in [1.165, 1.54) is 36.0 Å². The lowest BCUT2D eigenvalue weighted by Gasteiger charge is -2.12. The molecule has 2 aromatic rings. The van der Waals surface area contributed by atoms with Crippen molar-refractivity contribution in [1.29, 1.82) is 0 Å². The molecule has 122 valence electrons. The zero-order chi connectivity index (χ0) is 17.0. The molecule has 2 rings (SSSR count). The average Bonchev–Trinajstić information content (AvgIpc) is 2.49. The smallest absolute Gasteiger partial charge is 0.238 e. The van der Waals surface area contributed by atoms with Crippen molar-refractivity contribution >= 4 is 39.1 Å². The average molecular weight is 351 g/mol. The van der Waals surface area contributed by atoms with Gasteiger partial charge in [-0.15, -0.1) is 11.8 Å². The predicted molar refractivity (Wildman–Crippen MR) is 92.6 cm³/mol. The van der Waals surface area contributed by atoms with E-state index < -0.39 is 10.0 Å². The molecule has 5 N–H and O–H groups in total.